The van der Waals surface area contributed by atoms with E-state index >= 15 is 0 Å². The van der Waals surface area contributed by atoms with Crippen molar-refractivity contribution in [3.05, 3.63) is 29.8 Å². The minimum absolute atomic E-state index is 0.0721. The van der Waals surface area contributed by atoms with Gasteiger partial charge in [0.25, 0.3) is 0 Å². The van der Waals surface area contributed by atoms with E-state index < -0.39 is 5.54 Å². The quantitative estimate of drug-likeness (QED) is 0.921. The summed E-state index contributed by atoms with van der Waals surface area (Å²) in [5.41, 5.74) is 0.510. The number of hydrogen-bond donors (Lipinski definition) is 1. The molecular formula is C16H22N2O3. The molecule has 0 aliphatic carbocycles. The summed E-state index contributed by atoms with van der Waals surface area (Å²) in [5, 5.41) is 3.09. The smallest absolute Gasteiger partial charge is 0.219 e. The first-order valence-corrected chi connectivity index (χ1v) is 7.16. The van der Waals surface area contributed by atoms with Crippen LogP contribution in [0.1, 0.15) is 32.3 Å². The van der Waals surface area contributed by atoms with Crippen LogP contribution < -0.4 is 10.1 Å². The van der Waals surface area contributed by atoms with Crippen molar-refractivity contribution in [3.8, 4) is 5.75 Å². The summed E-state index contributed by atoms with van der Waals surface area (Å²) in [6.07, 6.45) is 1.37. The first kappa shape index (κ1) is 15.4. The molecule has 2 amide bonds. The number of ether oxygens (including phenoxy) is 1. The highest BCUT2D eigenvalue weighted by Crippen LogP contribution is 2.38. The standard InChI is InChI=1S/C16H22N2O3/c1-12(19)17-16(8-10-18(11-9-16)13(2)20)14-6-4-5-7-15(14)21-3/h4-7H,8-11H2,1-3H3,(H,17,19). The fourth-order valence-corrected chi connectivity index (χ4v) is 3.04. The maximum atomic E-state index is 11.7. The van der Waals surface area contributed by atoms with Gasteiger partial charge >= 0.3 is 0 Å². The van der Waals surface area contributed by atoms with Crippen molar-refractivity contribution in [3.63, 3.8) is 0 Å². The first-order valence-electron chi connectivity index (χ1n) is 7.16. The number of likely N-dealkylation sites (tertiary alicyclic amines) is 1. The zero-order valence-corrected chi connectivity index (χ0v) is 12.8. The van der Waals surface area contributed by atoms with Crippen molar-refractivity contribution in [1.29, 1.82) is 0 Å². The van der Waals surface area contributed by atoms with E-state index in [-0.39, 0.29) is 11.8 Å². The molecule has 2 rings (SSSR count). The molecule has 0 radical (unpaired) electrons. The molecule has 1 N–H and O–H groups in total. The molecule has 1 aromatic rings. The Kier molecular flexibility index (Phi) is 4.50. The third-order valence-electron chi connectivity index (χ3n) is 4.10. The van der Waals surface area contributed by atoms with Crippen molar-refractivity contribution < 1.29 is 14.3 Å². The second kappa shape index (κ2) is 6.16. The number of rotatable bonds is 3. The first-order chi connectivity index (χ1) is 9.98. The highest BCUT2D eigenvalue weighted by atomic mass is 16.5. The van der Waals surface area contributed by atoms with Crippen LogP contribution in [-0.4, -0.2) is 36.9 Å². The highest BCUT2D eigenvalue weighted by molar-refractivity contribution is 5.75. The van der Waals surface area contributed by atoms with Crippen molar-refractivity contribution >= 4 is 11.8 Å². The van der Waals surface area contributed by atoms with Gasteiger partial charge in [0.1, 0.15) is 5.75 Å². The van der Waals surface area contributed by atoms with Crippen molar-refractivity contribution in [2.75, 3.05) is 20.2 Å². The van der Waals surface area contributed by atoms with Crippen molar-refractivity contribution in [1.82, 2.24) is 10.2 Å². The van der Waals surface area contributed by atoms with Crippen LogP contribution in [0, 0.1) is 0 Å². The lowest BCUT2D eigenvalue weighted by atomic mass is 9.80. The molecule has 0 spiro atoms. The second-order valence-corrected chi connectivity index (χ2v) is 5.47. The Morgan fingerprint density at radius 1 is 1.19 bits per heavy atom. The fourth-order valence-electron chi connectivity index (χ4n) is 3.04. The number of nitrogens with one attached hydrogen (secondary N) is 1. The maximum absolute atomic E-state index is 11.7. The van der Waals surface area contributed by atoms with Gasteiger partial charge in [0.15, 0.2) is 0 Å². The topological polar surface area (TPSA) is 58.6 Å². The van der Waals surface area contributed by atoms with E-state index in [0.29, 0.717) is 25.9 Å². The van der Waals surface area contributed by atoms with Crippen LogP contribution in [0.3, 0.4) is 0 Å². The number of carbonyl (C=O) groups excluding carboxylic acids is 2. The maximum Gasteiger partial charge on any atom is 0.219 e. The number of para-hydroxylation sites is 1. The molecule has 1 aliphatic heterocycles. The van der Waals surface area contributed by atoms with Gasteiger partial charge in [-0.25, -0.2) is 0 Å². The third-order valence-corrected chi connectivity index (χ3v) is 4.10. The largest absolute Gasteiger partial charge is 0.496 e. The number of methoxy groups -OCH3 is 1. The van der Waals surface area contributed by atoms with Crippen LogP contribution in [0.15, 0.2) is 24.3 Å². The monoisotopic (exact) mass is 290 g/mol. The molecule has 0 saturated carbocycles. The second-order valence-electron chi connectivity index (χ2n) is 5.47. The van der Waals surface area contributed by atoms with Gasteiger partial charge in [0, 0.05) is 32.5 Å². The van der Waals surface area contributed by atoms with E-state index in [0.717, 1.165) is 11.3 Å². The van der Waals surface area contributed by atoms with Crippen LogP contribution in [0.25, 0.3) is 0 Å². The Labute approximate surface area is 125 Å². The zero-order valence-electron chi connectivity index (χ0n) is 12.8. The molecule has 5 heteroatoms. The molecule has 1 fully saturated rings. The summed E-state index contributed by atoms with van der Waals surface area (Å²) in [4.78, 5) is 25.0. The molecule has 1 aromatic carbocycles. The minimum Gasteiger partial charge on any atom is -0.496 e. The van der Waals surface area contributed by atoms with Gasteiger partial charge in [-0.2, -0.15) is 0 Å². The Morgan fingerprint density at radius 3 is 2.33 bits per heavy atom. The molecule has 1 saturated heterocycles. The molecule has 1 heterocycles. The number of carbonyl (C=O) groups is 2. The van der Waals surface area contributed by atoms with Gasteiger partial charge in [-0.3, -0.25) is 9.59 Å². The molecule has 1 aliphatic rings. The summed E-state index contributed by atoms with van der Waals surface area (Å²) >= 11 is 0. The fraction of sp³-hybridized carbons (Fsp3) is 0.500. The SMILES string of the molecule is COc1ccccc1C1(NC(C)=O)CCN(C(C)=O)CC1. The molecule has 0 aromatic heterocycles. The number of benzene rings is 1. The number of nitrogens with zero attached hydrogens (tertiary/aromatic N) is 1. The number of amides is 2. The van der Waals surface area contributed by atoms with E-state index in [2.05, 4.69) is 5.32 Å². The lowest BCUT2D eigenvalue weighted by Gasteiger charge is -2.42. The Hall–Kier alpha value is -2.04. The van der Waals surface area contributed by atoms with Gasteiger partial charge in [0.2, 0.25) is 11.8 Å². The summed E-state index contributed by atoms with van der Waals surface area (Å²) in [6, 6.07) is 7.74. The molecular weight excluding hydrogens is 268 g/mol. The molecule has 5 nitrogen and oxygen atoms in total. The summed E-state index contributed by atoms with van der Waals surface area (Å²) < 4.78 is 5.45. The molecule has 0 bridgehead atoms. The van der Waals surface area contributed by atoms with Crippen molar-refractivity contribution in [2.24, 2.45) is 0 Å². The predicted octanol–water partition coefficient (Wildman–Crippen LogP) is 1.67. The lowest BCUT2D eigenvalue weighted by molar-refractivity contribution is -0.131. The van der Waals surface area contributed by atoms with Crippen LogP contribution in [-0.2, 0) is 15.1 Å². The van der Waals surface area contributed by atoms with Gasteiger partial charge in [-0.15, -0.1) is 0 Å². The van der Waals surface area contributed by atoms with Crippen LogP contribution >= 0.6 is 0 Å². The average Bonchev–Trinajstić information content (AvgIpc) is 2.47. The average molecular weight is 290 g/mol. The van der Waals surface area contributed by atoms with Gasteiger partial charge in [-0.1, -0.05) is 18.2 Å². The van der Waals surface area contributed by atoms with Crippen molar-refractivity contribution in [2.45, 2.75) is 32.2 Å². The number of hydrogen-bond acceptors (Lipinski definition) is 3. The van der Waals surface area contributed by atoms with Crippen LogP contribution in [0.2, 0.25) is 0 Å². The summed E-state index contributed by atoms with van der Waals surface area (Å²) in [6.45, 7) is 4.37. The van der Waals surface area contributed by atoms with E-state index in [1.165, 1.54) is 6.92 Å². The van der Waals surface area contributed by atoms with Gasteiger partial charge < -0.3 is 15.0 Å². The predicted molar refractivity (Wildman–Crippen MR) is 80.0 cm³/mol. The van der Waals surface area contributed by atoms with Gasteiger partial charge in [0.05, 0.1) is 12.6 Å². The Bertz CT molecular complexity index is 534. The van der Waals surface area contributed by atoms with E-state index in [1.807, 2.05) is 29.2 Å². The lowest BCUT2D eigenvalue weighted by Crippen LogP contribution is -2.53. The molecule has 0 unspecified atom stereocenters. The highest BCUT2D eigenvalue weighted by Gasteiger charge is 2.39. The zero-order chi connectivity index (χ0) is 15.5. The minimum atomic E-state index is -0.468. The Balaban J connectivity index is 2.35. The number of piperidine rings is 1. The third kappa shape index (κ3) is 3.17. The van der Waals surface area contributed by atoms with Crippen LogP contribution in [0.5, 0.6) is 5.75 Å². The molecule has 114 valence electrons. The van der Waals surface area contributed by atoms with Gasteiger partial charge in [-0.05, 0) is 18.9 Å². The van der Waals surface area contributed by atoms with E-state index in [4.69, 9.17) is 4.74 Å². The van der Waals surface area contributed by atoms with Crippen LogP contribution in [0.4, 0.5) is 0 Å². The normalized spacial score (nSPS) is 17.2. The molecule has 21 heavy (non-hydrogen) atoms. The molecule has 0 atom stereocenters. The van der Waals surface area contributed by atoms with E-state index in [9.17, 15) is 9.59 Å². The summed E-state index contributed by atoms with van der Waals surface area (Å²) in [5.74, 6) is 0.770. The summed E-state index contributed by atoms with van der Waals surface area (Å²) in [7, 11) is 1.63. The Morgan fingerprint density at radius 2 is 1.81 bits per heavy atom. The van der Waals surface area contributed by atoms with E-state index in [1.54, 1.807) is 14.0 Å².